The first kappa shape index (κ1) is 16.4. The molecule has 1 aromatic heterocycles. The van der Waals surface area contributed by atoms with Crippen LogP contribution in [-0.4, -0.2) is 35.3 Å². The van der Waals surface area contributed by atoms with Crippen molar-refractivity contribution < 1.29 is 14.6 Å². The number of aromatic carboxylic acids is 1. The number of thioether (sulfide) groups is 1. The molecule has 130 valence electrons. The predicted octanol–water partition coefficient (Wildman–Crippen LogP) is 3.88. The summed E-state index contributed by atoms with van der Waals surface area (Å²) < 4.78 is 5.53. The Labute approximate surface area is 151 Å². The van der Waals surface area contributed by atoms with E-state index in [1.54, 1.807) is 23.9 Å². The number of anilines is 1. The lowest BCUT2D eigenvalue weighted by Crippen LogP contribution is -2.39. The molecule has 1 saturated heterocycles. The SMILES string of the molecule is Cc1cncc(C2Sc3cc(C(=O)O)ccc3N2C2CCOCC2)c1. The van der Waals surface area contributed by atoms with Gasteiger partial charge in [0.25, 0.3) is 0 Å². The zero-order chi connectivity index (χ0) is 17.4. The van der Waals surface area contributed by atoms with Crippen LogP contribution in [0, 0.1) is 6.92 Å². The van der Waals surface area contributed by atoms with Crippen molar-refractivity contribution in [3.05, 3.63) is 53.3 Å². The molecule has 0 bridgehead atoms. The average Bonchev–Trinajstić information content (AvgIpc) is 3.01. The second-order valence-corrected chi connectivity index (χ2v) is 7.63. The number of carboxylic acid groups (broad SMARTS) is 1. The molecule has 0 spiro atoms. The summed E-state index contributed by atoms with van der Waals surface area (Å²) >= 11 is 1.71. The number of aryl methyl sites for hydroxylation is 1. The molecular weight excluding hydrogens is 336 g/mol. The normalized spacial score (nSPS) is 20.5. The molecule has 2 aromatic rings. The molecule has 0 amide bonds. The quantitative estimate of drug-likeness (QED) is 0.900. The van der Waals surface area contributed by atoms with Crippen molar-refractivity contribution in [1.82, 2.24) is 4.98 Å². The highest BCUT2D eigenvalue weighted by Gasteiger charge is 2.37. The van der Waals surface area contributed by atoms with Crippen molar-refractivity contribution in [3.8, 4) is 0 Å². The van der Waals surface area contributed by atoms with E-state index in [0.717, 1.165) is 47.8 Å². The van der Waals surface area contributed by atoms with Gasteiger partial charge in [-0.05, 0) is 43.5 Å². The minimum Gasteiger partial charge on any atom is -0.478 e. The molecule has 1 fully saturated rings. The van der Waals surface area contributed by atoms with Crippen molar-refractivity contribution in [1.29, 1.82) is 0 Å². The topological polar surface area (TPSA) is 62.7 Å². The summed E-state index contributed by atoms with van der Waals surface area (Å²) in [5.41, 5.74) is 3.74. The predicted molar refractivity (Wildman–Crippen MR) is 97.3 cm³/mol. The smallest absolute Gasteiger partial charge is 0.335 e. The zero-order valence-corrected chi connectivity index (χ0v) is 14.8. The highest BCUT2D eigenvalue weighted by Crippen LogP contribution is 2.53. The van der Waals surface area contributed by atoms with E-state index in [1.165, 1.54) is 0 Å². The molecule has 6 heteroatoms. The molecule has 3 heterocycles. The van der Waals surface area contributed by atoms with E-state index in [1.807, 2.05) is 25.4 Å². The van der Waals surface area contributed by atoms with E-state index >= 15 is 0 Å². The fourth-order valence-electron chi connectivity index (χ4n) is 3.55. The highest BCUT2D eigenvalue weighted by molar-refractivity contribution is 8.00. The molecular formula is C19H20N2O3S. The van der Waals surface area contributed by atoms with Crippen molar-refractivity contribution in [3.63, 3.8) is 0 Å². The van der Waals surface area contributed by atoms with Crippen LogP contribution in [0.25, 0.3) is 0 Å². The Bertz CT molecular complexity index is 805. The van der Waals surface area contributed by atoms with Gasteiger partial charge in [0.15, 0.2) is 0 Å². The Hall–Kier alpha value is -2.05. The summed E-state index contributed by atoms with van der Waals surface area (Å²) in [6.45, 7) is 3.59. The Morgan fingerprint density at radius 3 is 2.80 bits per heavy atom. The summed E-state index contributed by atoms with van der Waals surface area (Å²) in [5.74, 6) is -0.887. The van der Waals surface area contributed by atoms with Gasteiger partial charge < -0.3 is 14.7 Å². The number of rotatable bonds is 3. The van der Waals surface area contributed by atoms with Crippen molar-refractivity contribution in [2.45, 2.75) is 36.1 Å². The van der Waals surface area contributed by atoms with Gasteiger partial charge in [-0.2, -0.15) is 0 Å². The molecule has 2 aliphatic heterocycles. The molecule has 1 N–H and O–H groups in total. The van der Waals surface area contributed by atoms with Crippen LogP contribution in [0.4, 0.5) is 5.69 Å². The number of fused-ring (bicyclic) bond motifs is 1. The summed E-state index contributed by atoms with van der Waals surface area (Å²) in [5, 5.41) is 9.42. The first-order chi connectivity index (χ1) is 12.1. The largest absolute Gasteiger partial charge is 0.478 e. The number of hydrogen-bond acceptors (Lipinski definition) is 5. The van der Waals surface area contributed by atoms with Crippen LogP contribution in [-0.2, 0) is 4.74 Å². The van der Waals surface area contributed by atoms with Crippen LogP contribution in [0.2, 0.25) is 0 Å². The monoisotopic (exact) mass is 356 g/mol. The van der Waals surface area contributed by atoms with Crippen LogP contribution >= 0.6 is 11.8 Å². The molecule has 1 atom stereocenters. The van der Waals surface area contributed by atoms with Gasteiger partial charge in [-0.1, -0.05) is 17.8 Å². The minimum absolute atomic E-state index is 0.120. The van der Waals surface area contributed by atoms with Crippen LogP contribution in [0.1, 0.15) is 39.7 Å². The van der Waals surface area contributed by atoms with Crippen LogP contribution < -0.4 is 4.90 Å². The molecule has 1 aromatic carbocycles. The van der Waals surface area contributed by atoms with Gasteiger partial charge in [0, 0.05) is 42.1 Å². The van der Waals surface area contributed by atoms with Crippen molar-refractivity contribution in [2.24, 2.45) is 0 Å². The Balaban J connectivity index is 1.76. The standard InChI is InChI=1S/C19H20N2O3S/c1-12-8-14(11-20-10-12)18-21(15-4-6-24-7-5-15)16-3-2-13(19(22)23)9-17(16)25-18/h2-3,8-11,15,18H,4-7H2,1H3,(H,22,23). The van der Waals surface area contributed by atoms with Crippen molar-refractivity contribution >= 4 is 23.4 Å². The van der Waals surface area contributed by atoms with E-state index in [0.29, 0.717) is 11.6 Å². The lowest BCUT2D eigenvalue weighted by atomic mass is 10.0. The summed E-state index contributed by atoms with van der Waals surface area (Å²) in [4.78, 5) is 19.1. The van der Waals surface area contributed by atoms with E-state index in [2.05, 4.69) is 16.0 Å². The summed E-state index contributed by atoms with van der Waals surface area (Å²) in [6, 6.07) is 8.00. The fourth-order valence-corrected chi connectivity index (χ4v) is 4.95. The molecule has 4 rings (SSSR count). The second kappa shape index (κ2) is 6.69. The number of carboxylic acids is 1. The summed E-state index contributed by atoms with van der Waals surface area (Å²) in [6.07, 6.45) is 5.74. The number of hydrogen-bond donors (Lipinski definition) is 1. The second-order valence-electron chi connectivity index (χ2n) is 6.50. The maximum absolute atomic E-state index is 11.3. The van der Waals surface area contributed by atoms with E-state index in [9.17, 15) is 9.90 Å². The maximum atomic E-state index is 11.3. The van der Waals surface area contributed by atoms with E-state index in [4.69, 9.17) is 4.74 Å². The van der Waals surface area contributed by atoms with E-state index in [-0.39, 0.29) is 5.37 Å². The Morgan fingerprint density at radius 1 is 1.28 bits per heavy atom. The third kappa shape index (κ3) is 3.12. The zero-order valence-electron chi connectivity index (χ0n) is 14.0. The Kier molecular flexibility index (Phi) is 4.39. The van der Waals surface area contributed by atoms with Crippen LogP contribution in [0.3, 0.4) is 0 Å². The third-order valence-electron chi connectivity index (χ3n) is 4.74. The molecule has 1 unspecified atom stereocenters. The van der Waals surface area contributed by atoms with Gasteiger partial charge >= 0.3 is 5.97 Å². The number of nitrogens with zero attached hydrogens (tertiary/aromatic N) is 2. The van der Waals surface area contributed by atoms with Gasteiger partial charge in [-0.15, -0.1) is 0 Å². The van der Waals surface area contributed by atoms with Gasteiger partial charge in [-0.3, -0.25) is 4.98 Å². The lowest BCUT2D eigenvalue weighted by Gasteiger charge is -2.37. The fraction of sp³-hybridized carbons (Fsp3) is 0.368. The molecule has 0 saturated carbocycles. The minimum atomic E-state index is -0.887. The van der Waals surface area contributed by atoms with E-state index < -0.39 is 5.97 Å². The van der Waals surface area contributed by atoms with Gasteiger partial charge in [0.2, 0.25) is 0 Å². The van der Waals surface area contributed by atoms with Crippen molar-refractivity contribution in [2.75, 3.05) is 18.1 Å². The lowest BCUT2D eigenvalue weighted by molar-refractivity contribution is 0.0696. The third-order valence-corrected chi connectivity index (χ3v) is 6.05. The van der Waals surface area contributed by atoms with Gasteiger partial charge in [0.1, 0.15) is 5.37 Å². The number of aromatic nitrogens is 1. The molecule has 0 radical (unpaired) electrons. The summed E-state index contributed by atoms with van der Waals surface area (Å²) in [7, 11) is 0. The number of ether oxygens (including phenoxy) is 1. The highest BCUT2D eigenvalue weighted by atomic mass is 32.2. The average molecular weight is 356 g/mol. The van der Waals surface area contributed by atoms with Gasteiger partial charge in [-0.25, -0.2) is 4.79 Å². The molecule has 25 heavy (non-hydrogen) atoms. The van der Waals surface area contributed by atoms with Crippen LogP contribution in [0.5, 0.6) is 0 Å². The first-order valence-corrected chi connectivity index (χ1v) is 9.33. The Morgan fingerprint density at radius 2 is 2.08 bits per heavy atom. The number of pyridine rings is 1. The van der Waals surface area contributed by atoms with Crippen LogP contribution in [0.15, 0.2) is 41.6 Å². The molecule has 0 aliphatic carbocycles. The molecule has 2 aliphatic rings. The number of benzene rings is 1. The molecule has 5 nitrogen and oxygen atoms in total. The van der Waals surface area contributed by atoms with Gasteiger partial charge in [0.05, 0.1) is 11.3 Å². The maximum Gasteiger partial charge on any atom is 0.335 e. The first-order valence-electron chi connectivity index (χ1n) is 8.45. The number of carbonyl (C=O) groups is 1.